The van der Waals surface area contributed by atoms with E-state index in [0.29, 0.717) is 0 Å². The molecule has 0 heterocycles. The number of nitrogens with one attached hydrogen (secondary N) is 1. The minimum absolute atomic E-state index is 1.01. The standard InChI is InChI=1S/C11H15N.2C2H6/c1-4-9(2)10-5-7-11(12-3)8-6-10;2*1-2/h5-8,12H,2,4H2,1,3H3;2*1-2H3. The maximum Gasteiger partial charge on any atom is 0.0337 e. The van der Waals surface area contributed by atoms with Crippen LogP contribution in [-0.2, 0) is 0 Å². The van der Waals surface area contributed by atoms with E-state index in [2.05, 4.69) is 43.1 Å². The molecule has 1 nitrogen and oxygen atoms in total. The van der Waals surface area contributed by atoms with E-state index in [0.717, 1.165) is 12.1 Å². The van der Waals surface area contributed by atoms with E-state index in [-0.39, 0.29) is 0 Å². The summed E-state index contributed by atoms with van der Waals surface area (Å²) in [5.74, 6) is 0. The molecule has 0 saturated heterocycles. The molecule has 0 saturated carbocycles. The van der Waals surface area contributed by atoms with Gasteiger partial charge in [0.2, 0.25) is 0 Å². The minimum Gasteiger partial charge on any atom is -0.388 e. The molecule has 1 aromatic rings. The summed E-state index contributed by atoms with van der Waals surface area (Å²) < 4.78 is 0. The number of hydrogen-bond donors (Lipinski definition) is 1. The molecule has 1 aromatic carbocycles. The molecule has 16 heavy (non-hydrogen) atoms. The SMILES string of the molecule is C=C(CC)c1ccc(NC)cc1.CC.CC. The van der Waals surface area contributed by atoms with Gasteiger partial charge in [-0.2, -0.15) is 0 Å². The van der Waals surface area contributed by atoms with Gasteiger partial charge in [-0.1, -0.05) is 53.3 Å². The molecule has 0 unspecified atom stereocenters. The van der Waals surface area contributed by atoms with E-state index in [1.165, 1.54) is 11.1 Å². The van der Waals surface area contributed by atoms with Gasteiger partial charge < -0.3 is 5.32 Å². The van der Waals surface area contributed by atoms with Gasteiger partial charge in [-0.05, 0) is 29.7 Å². The van der Waals surface area contributed by atoms with Crippen molar-refractivity contribution >= 4 is 11.3 Å². The zero-order chi connectivity index (χ0) is 13.0. The normalized spacial score (nSPS) is 7.88. The average Bonchev–Trinajstić information content (AvgIpc) is 2.42. The lowest BCUT2D eigenvalue weighted by Gasteiger charge is -2.04. The first kappa shape index (κ1) is 17.2. The molecule has 0 aliphatic rings. The Labute approximate surface area is 102 Å². The molecular formula is C15H27N. The predicted molar refractivity (Wildman–Crippen MR) is 78.0 cm³/mol. The largest absolute Gasteiger partial charge is 0.388 e. The summed E-state index contributed by atoms with van der Waals surface area (Å²) in [4.78, 5) is 0. The van der Waals surface area contributed by atoms with Crippen LogP contribution in [0.15, 0.2) is 30.8 Å². The summed E-state index contributed by atoms with van der Waals surface area (Å²) in [6.45, 7) is 14.1. The molecule has 0 aliphatic heterocycles. The third-order valence-corrected chi connectivity index (χ3v) is 2.01. The highest BCUT2D eigenvalue weighted by Crippen LogP contribution is 2.17. The van der Waals surface area contributed by atoms with Crippen molar-refractivity contribution in [3.63, 3.8) is 0 Å². The predicted octanol–water partition coefficient (Wildman–Crippen LogP) is 5.20. The second kappa shape index (κ2) is 11.8. The molecule has 0 aromatic heterocycles. The lowest BCUT2D eigenvalue weighted by Crippen LogP contribution is -1.87. The molecule has 0 radical (unpaired) electrons. The maximum absolute atomic E-state index is 3.98. The topological polar surface area (TPSA) is 12.0 Å². The van der Waals surface area contributed by atoms with Crippen LogP contribution in [0.5, 0.6) is 0 Å². The van der Waals surface area contributed by atoms with Gasteiger partial charge in [0.1, 0.15) is 0 Å². The summed E-state index contributed by atoms with van der Waals surface area (Å²) in [5, 5.41) is 3.08. The van der Waals surface area contributed by atoms with Gasteiger partial charge >= 0.3 is 0 Å². The van der Waals surface area contributed by atoms with E-state index >= 15 is 0 Å². The highest BCUT2D eigenvalue weighted by atomic mass is 14.8. The molecule has 0 fully saturated rings. The second-order valence-corrected chi connectivity index (χ2v) is 2.78. The van der Waals surface area contributed by atoms with E-state index in [4.69, 9.17) is 0 Å². The first-order chi connectivity index (χ1) is 7.77. The summed E-state index contributed by atoms with van der Waals surface area (Å²) in [6, 6.07) is 8.32. The number of rotatable bonds is 3. The van der Waals surface area contributed by atoms with Crippen molar-refractivity contribution in [1.82, 2.24) is 0 Å². The summed E-state index contributed by atoms with van der Waals surface area (Å²) in [5.41, 5.74) is 3.57. The lowest BCUT2D eigenvalue weighted by atomic mass is 10.1. The van der Waals surface area contributed by atoms with Crippen LogP contribution >= 0.6 is 0 Å². The van der Waals surface area contributed by atoms with Crippen LogP contribution in [0.3, 0.4) is 0 Å². The number of anilines is 1. The van der Waals surface area contributed by atoms with Crippen LogP contribution in [0.25, 0.3) is 5.57 Å². The Kier molecular flexibility index (Phi) is 12.7. The Hall–Kier alpha value is -1.24. The Balaban J connectivity index is 0. The van der Waals surface area contributed by atoms with Crippen molar-refractivity contribution in [2.45, 2.75) is 41.0 Å². The maximum atomic E-state index is 3.98. The van der Waals surface area contributed by atoms with Crippen molar-refractivity contribution in [1.29, 1.82) is 0 Å². The van der Waals surface area contributed by atoms with E-state index < -0.39 is 0 Å². The zero-order valence-corrected chi connectivity index (χ0v) is 11.7. The van der Waals surface area contributed by atoms with Crippen molar-refractivity contribution in [3.8, 4) is 0 Å². The van der Waals surface area contributed by atoms with E-state index in [1.54, 1.807) is 0 Å². The van der Waals surface area contributed by atoms with Gasteiger partial charge in [0.05, 0.1) is 0 Å². The van der Waals surface area contributed by atoms with Crippen molar-refractivity contribution in [2.24, 2.45) is 0 Å². The van der Waals surface area contributed by atoms with Crippen LogP contribution in [0.1, 0.15) is 46.6 Å². The van der Waals surface area contributed by atoms with Gasteiger partial charge in [-0.25, -0.2) is 0 Å². The van der Waals surface area contributed by atoms with Crippen LogP contribution in [0.2, 0.25) is 0 Å². The lowest BCUT2D eigenvalue weighted by molar-refractivity contribution is 1.24. The monoisotopic (exact) mass is 221 g/mol. The average molecular weight is 221 g/mol. The van der Waals surface area contributed by atoms with Crippen molar-refractivity contribution < 1.29 is 0 Å². The Morgan fingerprint density at radius 3 is 1.81 bits per heavy atom. The molecule has 92 valence electrons. The van der Waals surface area contributed by atoms with Crippen LogP contribution in [0, 0.1) is 0 Å². The second-order valence-electron chi connectivity index (χ2n) is 2.78. The molecule has 1 rings (SSSR count). The fourth-order valence-corrected chi connectivity index (χ4v) is 1.08. The third-order valence-electron chi connectivity index (χ3n) is 2.01. The van der Waals surface area contributed by atoms with E-state index in [1.807, 2.05) is 34.7 Å². The van der Waals surface area contributed by atoms with Crippen LogP contribution < -0.4 is 5.32 Å². The molecule has 1 heteroatoms. The first-order valence-corrected chi connectivity index (χ1v) is 6.24. The highest BCUT2D eigenvalue weighted by molar-refractivity contribution is 5.64. The smallest absolute Gasteiger partial charge is 0.0337 e. The molecule has 0 aliphatic carbocycles. The molecule has 0 amide bonds. The van der Waals surface area contributed by atoms with E-state index in [9.17, 15) is 0 Å². The quantitative estimate of drug-likeness (QED) is 0.739. The number of hydrogen-bond acceptors (Lipinski definition) is 1. The van der Waals surface area contributed by atoms with Gasteiger partial charge in [0.25, 0.3) is 0 Å². The Morgan fingerprint density at radius 2 is 1.50 bits per heavy atom. The highest BCUT2D eigenvalue weighted by Gasteiger charge is 1.94. The number of benzene rings is 1. The fraction of sp³-hybridized carbons (Fsp3) is 0.467. The molecule has 1 N–H and O–H groups in total. The molecule has 0 bridgehead atoms. The summed E-state index contributed by atoms with van der Waals surface area (Å²) in [7, 11) is 1.92. The molecule has 0 atom stereocenters. The Morgan fingerprint density at radius 1 is 1.06 bits per heavy atom. The molecular weight excluding hydrogens is 194 g/mol. The van der Waals surface area contributed by atoms with Crippen LogP contribution in [-0.4, -0.2) is 7.05 Å². The molecule has 0 spiro atoms. The van der Waals surface area contributed by atoms with Gasteiger partial charge in [0.15, 0.2) is 0 Å². The van der Waals surface area contributed by atoms with Crippen molar-refractivity contribution in [2.75, 3.05) is 12.4 Å². The fourth-order valence-electron chi connectivity index (χ4n) is 1.08. The summed E-state index contributed by atoms with van der Waals surface area (Å²) >= 11 is 0. The van der Waals surface area contributed by atoms with Crippen molar-refractivity contribution in [3.05, 3.63) is 36.4 Å². The number of allylic oxidation sites excluding steroid dienone is 1. The summed E-state index contributed by atoms with van der Waals surface area (Å²) in [6.07, 6.45) is 1.01. The zero-order valence-electron chi connectivity index (χ0n) is 11.7. The van der Waals surface area contributed by atoms with Gasteiger partial charge in [-0.15, -0.1) is 0 Å². The Bertz CT molecular complexity index is 259. The minimum atomic E-state index is 1.01. The first-order valence-electron chi connectivity index (χ1n) is 6.24. The third kappa shape index (κ3) is 6.28. The van der Waals surface area contributed by atoms with Gasteiger partial charge in [-0.3, -0.25) is 0 Å². The van der Waals surface area contributed by atoms with Crippen LogP contribution in [0.4, 0.5) is 5.69 Å². The van der Waals surface area contributed by atoms with Gasteiger partial charge in [0, 0.05) is 12.7 Å².